The van der Waals surface area contributed by atoms with E-state index >= 15 is 0 Å². The van der Waals surface area contributed by atoms with E-state index in [0.29, 0.717) is 10.9 Å². The fourth-order valence-corrected chi connectivity index (χ4v) is 2.99. The van der Waals surface area contributed by atoms with Crippen molar-refractivity contribution in [3.05, 3.63) is 65.5 Å². The molecule has 0 radical (unpaired) electrons. The zero-order chi connectivity index (χ0) is 16.1. The number of ether oxygens (including phenoxy) is 1. The van der Waals surface area contributed by atoms with Gasteiger partial charge in [0, 0.05) is 10.4 Å². The molecule has 1 aromatic heterocycles. The highest BCUT2D eigenvalue weighted by Crippen LogP contribution is 2.30. The topological polar surface area (TPSA) is 51.2 Å². The van der Waals surface area contributed by atoms with E-state index in [-0.39, 0.29) is 12.5 Å². The number of carbonyl (C=O) groups excluding carboxylic acids is 1. The summed E-state index contributed by atoms with van der Waals surface area (Å²) in [6.45, 7) is 1.96. The monoisotopic (exact) mass is 324 g/mol. The molecule has 0 spiro atoms. The number of nitrogens with zero attached hydrogens (tertiary/aromatic N) is 1. The molecule has 0 aliphatic carbocycles. The molecule has 0 aliphatic heterocycles. The summed E-state index contributed by atoms with van der Waals surface area (Å²) in [6, 6.07) is 19.2. The van der Waals surface area contributed by atoms with Gasteiger partial charge >= 0.3 is 0 Å². The van der Waals surface area contributed by atoms with Gasteiger partial charge in [-0.1, -0.05) is 48.5 Å². The average molecular weight is 324 g/mol. The molecule has 0 atom stereocenters. The van der Waals surface area contributed by atoms with Gasteiger partial charge in [-0.15, -0.1) is 11.3 Å². The summed E-state index contributed by atoms with van der Waals surface area (Å²) in [5.74, 6) is 0.449. The highest BCUT2D eigenvalue weighted by Gasteiger charge is 2.12. The predicted molar refractivity (Wildman–Crippen MR) is 92.9 cm³/mol. The van der Waals surface area contributed by atoms with Crippen molar-refractivity contribution in [1.29, 1.82) is 0 Å². The summed E-state index contributed by atoms with van der Waals surface area (Å²) in [5.41, 5.74) is 1.94. The van der Waals surface area contributed by atoms with Gasteiger partial charge in [-0.2, -0.15) is 0 Å². The SMILES string of the molecule is Cc1sc(NC(=O)COc2ccccc2)nc1-c1ccccc1. The second kappa shape index (κ2) is 7.07. The van der Waals surface area contributed by atoms with E-state index in [4.69, 9.17) is 4.74 Å². The zero-order valence-electron chi connectivity index (χ0n) is 12.7. The van der Waals surface area contributed by atoms with E-state index in [9.17, 15) is 4.79 Å². The van der Waals surface area contributed by atoms with Crippen LogP contribution in [0.3, 0.4) is 0 Å². The number of hydrogen-bond acceptors (Lipinski definition) is 4. The van der Waals surface area contributed by atoms with E-state index in [0.717, 1.165) is 16.1 Å². The van der Waals surface area contributed by atoms with Gasteiger partial charge in [0.2, 0.25) is 0 Å². The molecule has 0 bridgehead atoms. The van der Waals surface area contributed by atoms with Crippen LogP contribution in [0.15, 0.2) is 60.7 Å². The first-order chi connectivity index (χ1) is 11.2. The number of hydrogen-bond donors (Lipinski definition) is 1. The molecule has 0 aliphatic rings. The Balaban J connectivity index is 1.63. The number of amides is 1. The number of benzene rings is 2. The first-order valence-corrected chi connectivity index (χ1v) is 8.04. The molecule has 5 heteroatoms. The van der Waals surface area contributed by atoms with Crippen LogP contribution in [0.4, 0.5) is 5.13 Å². The van der Waals surface area contributed by atoms with Gasteiger partial charge in [-0.05, 0) is 19.1 Å². The third-order valence-corrected chi connectivity index (χ3v) is 4.09. The van der Waals surface area contributed by atoms with Gasteiger partial charge in [0.25, 0.3) is 5.91 Å². The number of para-hydroxylation sites is 1. The van der Waals surface area contributed by atoms with Crippen LogP contribution in [-0.2, 0) is 4.79 Å². The number of anilines is 1. The van der Waals surface area contributed by atoms with Crippen molar-refractivity contribution in [3.8, 4) is 17.0 Å². The lowest BCUT2D eigenvalue weighted by molar-refractivity contribution is -0.118. The van der Waals surface area contributed by atoms with Gasteiger partial charge in [0.05, 0.1) is 5.69 Å². The summed E-state index contributed by atoms with van der Waals surface area (Å²) in [4.78, 5) is 17.5. The maximum atomic E-state index is 12.0. The van der Waals surface area contributed by atoms with Crippen LogP contribution >= 0.6 is 11.3 Å². The maximum Gasteiger partial charge on any atom is 0.264 e. The fourth-order valence-electron chi connectivity index (χ4n) is 2.13. The third kappa shape index (κ3) is 3.96. The Labute approximate surface area is 138 Å². The molecule has 1 heterocycles. The van der Waals surface area contributed by atoms with Gasteiger partial charge < -0.3 is 4.74 Å². The number of carbonyl (C=O) groups is 1. The van der Waals surface area contributed by atoms with E-state index < -0.39 is 0 Å². The van der Waals surface area contributed by atoms with Gasteiger partial charge in [-0.3, -0.25) is 10.1 Å². The Morgan fingerprint density at radius 3 is 2.43 bits per heavy atom. The molecular weight excluding hydrogens is 308 g/mol. The molecule has 0 saturated carbocycles. The van der Waals surface area contributed by atoms with Crippen LogP contribution in [0.25, 0.3) is 11.3 Å². The average Bonchev–Trinajstić information content (AvgIpc) is 2.95. The molecule has 0 unspecified atom stereocenters. The fraction of sp³-hybridized carbons (Fsp3) is 0.111. The smallest absolute Gasteiger partial charge is 0.264 e. The molecular formula is C18H16N2O2S. The molecule has 116 valence electrons. The van der Waals surface area contributed by atoms with Crippen molar-refractivity contribution in [2.24, 2.45) is 0 Å². The highest BCUT2D eigenvalue weighted by molar-refractivity contribution is 7.16. The maximum absolute atomic E-state index is 12.0. The van der Waals surface area contributed by atoms with E-state index in [1.165, 1.54) is 11.3 Å². The second-order valence-electron chi connectivity index (χ2n) is 4.94. The number of aryl methyl sites for hydroxylation is 1. The van der Waals surface area contributed by atoms with Crippen LogP contribution in [0.5, 0.6) is 5.75 Å². The van der Waals surface area contributed by atoms with Gasteiger partial charge in [0.15, 0.2) is 11.7 Å². The van der Waals surface area contributed by atoms with Crippen molar-refractivity contribution >= 4 is 22.4 Å². The van der Waals surface area contributed by atoms with Crippen molar-refractivity contribution in [1.82, 2.24) is 4.98 Å². The predicted octanol–water partition coefficient (Wildman–Crippen LogP) is 4.14. The number of thiazole rings is 1. The lowest BCUT2D eigenvalue weighted by Gasteiger charge is -2.05. The molecule has 2 aromatic carbocycles. The summed E-state index contributed by atoms with van der Waals surface area (Å²) < 4.78 is 5.43. The van der Waals surface area contributed by atoms with Crippen molar-refractivity contribution < 1.29 is 9.53 Å². The minimum Gasteiger partial charge on any atom is -0.484 e. The molecule has 0 saturated heterocycles. The Morgan fingerprint density at radius 2 is 1.74 bits per heavy atom. The number of aromatic nitrogens is 1. The van der Waals surface area contributed by atoms with Crippen LogP contribution in [0, 0.1) is 6.92 Å². The molecule has 3 aromatic rings. The largest absolute Gasteiger partial charge is 0.484 e. The highest BCUT2D eigenvalue weighted by atomic mass is 32.1. The Kier molecular flexibility index (Phi) is 4.68. The Hall–Kier alpha value is -2.66. The Morgan fingerprint density at radius 1 is 1.09 bits per heavy atom. The van der Waals surface area contributed by atoms with Crippen LogP contribution in [0.2, 0.25) is 0 Å². The third-order valence-electron chi connectivity index (χ3n) is 3.20. The summed E-state index contributed by atoms with van der Waals surface area (Å²) in [5, 5.41) is 3.37. The Bertz CT molecular complexity index is 785. The standard InChI is InChI=1S/C18H16N2O2S/c1-13-17(14-8-4-2-5-9-14)20-18(23-13)19-16(21)12-22-15-10-6-3-7-11-15/h2-11H,12H2,1H3,(H,19,20,21). The first kappa shape index (κ1) is 15.2. The molecule has 1 N–H and O–H groups in total. The number of rotatable bonds is 5. The van der Waals surface area contributed by atoms with E-state index in [2.05, 4.69) is 10.3 Å². The molecule has 0 fully saturated rings. The summed E-state index contributed by atoms with van der Waals surface area (Å²) >= 11 is 1.46. The quantitative estimate of drug-likeness (QED) is 0.767. The molecule has 4 nitrogen and oxygen atoms in total. The molecule has 3 rings (SSSR count). The second-order valence-corrected chi connectivity index (χ2v) is 6.14. The van der Waals surface area contributed by atoms with Crippen molar-refractivity contribution in [2.75, 3.05) is 11.9 Å². The van der Waals surface area contributed by atoms with E-state index in [1.54, 1.807) is 0 Å². The normalized spacial score (nSPS) is 10.3. The molecule has 23 heavy (non-hydrogen) atoms. The minimum absolute atomic E-state index is 0.0384. The van der Waals surface area contributed by atoms with Crippen LogP contribution in [0.1, 0.15) is 4.88 Å². The minimum atomic E-state index is -0.220. The van der Waals surface area contributed by atoms with Crippen LogP contribution in [-0.4, -0.2) is 17.5 Å². The zero-order valence-corrected chi connectivity index (χ0v) is 13.5. The molecule has 1 amide bonds. The van der Waals surface area contributed by atoms with Gasteiger partial charge in [0.1, 0.15) is 5.75 Å². The lowest BCUT2D eigenvalue weighted by Crippen LogP contribution is -2.19. The van der Waals surface area contributed by atoms with Crippen LogP contribution < -0.4 is 10.1 Å². The van der Waals surface area contributed by atoms with Crippen molar-refractivity contribution in [3.63, 3.8) is 0 Å². The summed E-state index contributed by atoms with van der Waals surface area (Å²) in [6.07, 6.45) is 0. The lowest BCUT2D eigenvalue weighted by atomic mass is 10.1. The van der Waals surface area contributed by atoms with E-state index in [1.807, 2.05) is 67.6 Å². The summed E-state index contributed by atoms with van der Waals surface area (Å²) in [7, 11) is 0. The van der Waals surface area contributed by atoms with Gasteiger partial charge in [-0.25, -0.2) is 4.98 Å². The first-order valence-electron chi connectivity index (χ1n) is 7.23. The number of nitrogens with one attached hydrogen (secondary N) is 1. The van der Waals surface area contributed by atoms with Crippen molar-refractivity contribution in [2.45, 2.75) is 6.92 Å².